The Morgan fingerprint density at radius 1 is 1.22 bits per heavy atom. The van der Waals surface area contributed by atoms with Crippen LogP contribution < -0.4 is 26.2 Å². The minimum Gasteiger partial charge on any atom is -0.370 e. The van der Waals surface area contributed by atoms with Gasteiger partial charge in [-0.3, -0.25) is 0 Å². The zero-order valence-electron chi connectivity index (χ0n) is 21.4. The summed E-state index contributed by atoms with van der Waals surface area (Å²) in [4.78, 5) is 20.4. The lowest BCUT2D eigenvalue weighted by molar-refractivity contribution is 0.569. The van der Waals surface area contributed by atoms with Gasteiger partial charge < -0.3 is 14.8 Å². The van der Waals surface area contributed by atoms with Crippen molar-refractivity contribution in [1.29, 1.82) is 5.26 Å². The molecule has 4 rings (SSSR count). The van der Waals surface area contributed by atoms with Gasteiger partial charge in [0.25, 0.3) is 6.71 Å². The smallest absolute Gasteiger partial charge is 0.271 e. The normalized spacial score (nSPS) is 14.9. The van der Waals surface area contributed by atoms with Crippen LogP contribution in [0.25, 0.3) is 18.2 Å². The summed E-state index contributed by atoms with van der Waals surface area (Å²) in [5.41, 5.74) is 3.05. The van der Waals surface area contributed by atoms with Gasteiger partial charge in [0.1, 0.15) is 11.6 Å². The Labute approximate surface area is 215 Å². The number of nitrogens with zero attached hydrogens (tertiary/aromatic N) is 7. The standard InChI is InChI=1S/C26H32BN8P/c1-6-20(11-23-18(4)32-19(5)35(23)17(2)3)22-12-25(29-15-24(22)36)33-26-30-13-21(14-31-26)34-9-7-27(16-28)8-10-34/h6,11-15,17H,4,7-10,36H2,1-3,5H3,(H,29,30,31,33)/b20-6+,23-11+. The van der Waals surface area contributed by atoms with Crippen LogP contribution >= 0.6 is 9.24 Å². The first-order valence-corrected chi connectivity index (χ1v) is 12.8. The summed E-state index contributed by atoms with van der Waals surface area (Å²) in [7, 11) is 2.77. The maximum atomic E-state index is 9.11. The van der Waals surface area contributed by atoms with Gasteiger partial charge in [-0.1, -0.05) is 12.7 Å². The maximum absolute atomic E-state index is 9.11. The second-order valence-corrected chi connectivity index (χ2v) is 9.90. The fraction of sp³-hybridized carbons (Fsp3) is 0.346. The number of pyridine rings is 1. The highest BCUT2D eigenvalue weighted by molar-refractivity contribution is 7.27. The molecular formula is C26H32BN8P. The highest BCUT2D eigenvalue weighted by Gasteiger charge is 2.23. The van der Waals surface area contributed by atoms with E-state index in [9.17, 15) is 0 Å². The first kappa shape index (κ1) is 25.6. The molecule has 0 radical (unpaired) electrons. The van der Waals surface area contributed by atoms with E-state index < -0.39 is 0 Å². The molecule has 36 heavy (non-hydrogen) atoms. The first-order chi connectivity index (χ1) is 17.3. The van der Waals surface area contributed by atoms with Crippen molar-refractivity contribution >= 4 is 56.9 Å². The topological polar surface area (TPSA) is 95.6 Å². The van der Waals surface area contributed by atoms with Crippen LogP contribution in [0.5, 0.6) is 0 Å². The van der Waals surface area contributed by atoms with E-state index in [1.54, 1.807) is 0 Å². The number of anilines is 3. The predicted octanol–water partition coefficient (Wildman–Crippen LogP) is 2.87. The van der Waals surface area contributed by atoms with E-state index in [1.165, 1.54) is 0 Å². The van der Waals surface area contributed by atoms with Crippen molar-refractivity contribution in [2.45, 2.75) is 46.4 Å². The van der Waals surface area contributed by atoms with Crippen molar-refractivity contribution in [2.75, 3.05) is 23.3 Å². The number of aryl methyl sites for hydroxylation is 1. The molecule has 1 fully saturated rings. The molecule has 1 aliphatic rings. The molecule has 3 aromatic heterocycles. The average molecular weight is 498 g/mol. The molecule has 0 amide bonds. The zero-order chi connectivity index (χ0) is 25.8. The summed E-state index contributed by atoms with van der Waals surface area (Å²) in [6.45, 7) is 14.3. The number of hydrogen-bond donors (Lipinski definition) is 1. The Kier molecular flexibility index (Phi) is 7.86. The van der Waals surface area contributed by atoms with Gasteiger partial charge in [0.15, 0.2) is 0 Å². The van der Waals surface area contributed by atoms with Crippen molar-refractivity contribution in [3.63, 3.8) is 0 Å². The molecule has 0 saturated carbocycles. The number of allylic oxidation sites excluding steroid dienone is 2. The average Bonchev–Trinajstić information content (AvgIpc) is 3.16. The lowest BCUT2D eigenvalue weighted by Gasteiger charge is -2.29. The van der Waals surface area contributed by atoms with Crippen LogP contribution in [-0.2, 0) is 0 Å². The number of nitrogens with one attached hydrogen (secondary N) is 1. The number of hydrogen-bond acceptors (Lipinski definition) is 7. The molecule has 8 nitrogen and oxygen atoms in total. The molecule has 0 spiro atoms. The van der Waals surface area contributed by atoms with Gasteiger partial charge in [-0.2, -0.15) is 0 Å². The Hall–Kier alpha value is -3.50. The number of imidazole rings is 1. The third-order valence-corrected chi connectivity index (χ3v) is 6.95. The molecule has 3 aromatic rings. The lowest BCUT2D eigenvalue weighted by atomic mass is 9.45. The Bertz CT molecular complexity index is 1410. The van der Waals surface area contributed by atoms with Gasteiger partial charge in [-0.25, -0.2) is 25.2 Å². The van der Waals surface area contributed by atoms with Gasteiger partial charge in [-0.15, -0.1) is 9.24 Å². The fourth-order valence-electron chi connectivity index (χ4n) is 4.60. The Balaban J connectivity index is 1.57. The first-order valence-electron chi connectivity index (χ1n) is 12.2. The van der Waals surface area contributed by atoms with Gasteiger partial charge >= 0.3 is 0 Å². The van der Waals surface area contributed by atoms with Crippen LogP contribution in [-0.4, -0.2) is 44.3 Å². The van der Waals surface area contributed by atoms with Crippen LogP contribution in [0.1, 0.15) is 38.2 Å². The van der Waals surface area contributed by atoms with Crippen LogP contribution in [0, 0.1) is 18.2 Å². The van der Waals surface area contributed by atoms with Crippen LogP contribution in [0.15, 0.2) is 30.7 Å². The second kappa shape index (κ2) is 11.1. The summed E-state index contributed by atoms with van der Waals surface area (Å²) in [6.07, 6.45) is 11.4. The van der Waals surface area contributed by atoms with E-state index in [0.717, 1.165) is 64.4 Å². The highest BCUT2D eigenvalue weighted by Crippen LogP contribution is 2.22. The van der Waals surface area contributed by atoms with Crippen LogP contribution in [0.4, 0.5) is 17.5 Å². The van der Waals surface area contributed by atoms with Crippen molar-refractivity contribution < 1.29 is 0 Å². The Morgan fingerprint density at radius 3 is 2.53 bits per heavy atom. The highest BCUT2D eigenvalue weighted by atomic mass is 31.0. The summed E-state index contributed by atoms with van der Waals surface area (Å²) < 4.78 is 2.20. The van der Waals surface area contributed by atoms with E-state index in [2.05, 4.69) is 82.5 Å². The van der Waals surface area contributed by atoms with E-state index in [1.807, 2.05) is 38.5 Å². The third-order valence-electron chi connectivity index (χ3n) is 6.49. The third kappa shape index (κ3) is 5.50. The van der Waals surface area contributed by atoms with Gasteiger partial charge in [0, 0.05) is 31.3 Å². The second-order valence-electron chi connectivity index (χ2n) is 9.28. The summed E-state index contributed by atoms with van der Waals surface area (Å²) in [5.74, 6) is 4.47. The minimum absolute atomic E-state index is 0.150. The zero-order valence-corrected chi connectivity index (χ0v) is 22.5. The van der Waals surface area contributed by atoms with Crippen LogP contribution in [0.3, 0.4) is 0 Å². The molecule has 1 N–H and O–H groups in total. The molecule has 0 bridgehead atoms. The molecule has 1 saturated heterocycles. The summed E-state index contributed by atoms with van der Waals surface area (Å²) in [5, 5.41) is 15.1. The SMILES string of the molecule is C=c1nc(C)n(C(C)C)/c1=C/C(=C\C)c1cc(Nc2ncc(N3CCB(C#N)CC3)cn2)ncc1P. The van der Waals surface area contributed by atoms with E-state index in [-0.39, 0.29) is 12.8 Å². The number of rotatable bonds is 6. The molecule has 1 aliphatic heterocycles. The molecular weight excluding hydrogens is 466 g/mol. The van der Waals surface area contributed by atoms with Crippen molar-refractivity contribution in [2.24, 2.45) is 0 Å². The van der Waals surface area contributed by atoms with Crippen LogP contribution in [0.2, 0.25) is 12.6 Å². The molecule has 184 valence electrons. The number of nitriles is 1. The van der Waals surface area contributed by atoms with Gasteiger partial charge in [-0.05, 0) is 68.9 Å². The van der Waals surface area contributed by atoms with E-state index in [4.69, 9.17) is 5.26 Å². The van der Waals surface area contributed by atoms with Crippen molar-refractivity contribution in [3.05, 3.63) is 52.8 Å². The van der Waals surface area contributed by atoms with E-state index in [0.29, 0.717) is 11.8 Å². The van der Waals surface area contributed by atoms with Gasteiger partial charge in [0.2, 0.25) is 5.95 Å². The molecule has 10 heteroatoms. The van der Waals surface area contributed by atoms with E-state index >= 15 is 0 Å². The maximum Gasteiger partial charge on any atom is 0.271 e. The summed E-state index contributed by atoms with van der Waals surface area (Å²) >= 11 is 0. The van der Waals surface area contributed by atoms with Crippen molar-refractivity contribution in [3.8, 4) is 5.97 Å². The molecule has 1 atom stereocenters. The van der Waals surface area contributed by atoms with Gasteiger partial charge in [0.05, 0.1) is 28.8 Å². The minimum atomic E-state index is 0.150. The van der Waals surface area contributed by atoms with Crippen molar-refractivity contribution in [1.82, 2.24) is 24.5 Å². The quantitative estimate of drug-likeness (QED) is 0.413. The fourth-order valence-corrected chi connectivity index (χ4v) is 4.93. The Morgan fingerprint density at radius 2 is 1.92 bits per heavy atom. The number of aromatic nitrogens is 5. The molecule has 0 aliphatic carbocycles. The predicted molar refractivity (Wildman–Crippen MR) is 152 cm³/mol. The largest absolute Gasteiger partial charge is 0.370 e. The molecule has 1 unspecified atom stereocenters. The monoisotopic (exact) mass is 498 g/mol. The lowest BCUT2D eigenvalue weighted by Crippen LogP contribution is -2.36. The molecule has 0 aromatic carbocycles. The molecule has 4 heterocycles. The summed E-state index contributed by atoms with van der Waals surface area (Å²) in [6, 6.07) is 2.28.